The first-order chi connectivity index (χ1) is 20.2. The first-order valence-corrected chi connectivity index (χ1v) is 13.3. The smallest absolute Gasteiger partial charge is 0.463 e. The average Bonchev–Trinajstić information content (AvgIpc) is 2.98. The molecule has 1 aliphatic rings. The summed E-state index contributed by atoms with van der Waals surface area (Å²) in [5, 5.41) is 7.50. The van der Waals surface area contributed by atoms with Crippen LogP contribution in [0.4, 0.5) is 13.2 Å². The summed E-state index contributed by atoms with van der Waals surface area (Å²) in [6.07, 6.45) is -11.2. The van der Waals surface area contributed by atoms with E-state index in [0.29, 0.717) is 0 Å². The highest BCUT2D eigenvalue weighted by Gasteiger charge is 2.52. The van der Waals surface area contributed by atoms with Crippen LogP contribution in [-0.2, 0) is 53.0 Å². The number of halogens is 3. The Hall–Kier alpha value is -3.77. The summed E-state index contributed by atoms with van der Waals surface area (Å²) in [6, 6.07) is 27.4. The highest BCUT2D eigenvalue weighted by Crippen LogP contribution is 2.33. The molecule has 42 heavy (non-hydrogen) atoms. The number of esters is 1. The largest absolute Gasteiger partial charge is 0.467 e. The Morgan fingerprint density at radius 2 is 1.17 bits per heavy atom. The van der Waals surface area contributed by atoms with Crippen molar-refractivity contribution in [2.24, 2.45) is 0 Å². The third-order valence-corrected chi connectivity index (χ3v) is 6.39. The second kappa shape index (κ2) is 14.9. The molecule has 1 aliphatic heterocycles. The van der Waals surface area contributed by atoms with E-state index in [2.05, 4.69) is 0 Å². The molecule has 3 aromatic rings. The van der Waals surface area contributed by atoms with Gasteiger partial charge in [-0.15, -0.1) is 0 Å². The van der Waals surface area contributed by atoms with Gasteiger partial charge in [0.1, 0.15) is 31.0 Å². The van der Waals surface area contributed by atoms with Crippen LogP contribution in [0.1, 0.15) is 23.6 Å². The molecule has 0 saturated carbocycles. The maximum absolute atomic E-state index is 13.4. The van der Waals surface area contributed by atoms with Crippen LogP contribution in [0.5, 0.6) is 0 Å². The predicted octanol–water partition coefficient (Wildman–Crippen LogP) is 5.59. The molecule has 0 spiro atoms. The summed E-state index contributed by atoms with van der Waals surface area (Å²) in [5.74, 6) is -2.58. The van der Waals surface area contributed by atoms with Crippen LogP contribution in [0.3, 0.4) is 0 Å². The first kappa shape index (κ1) is 31.2. The van der Waals surface area contributed by atoms with E-state index in [4.69, 9.17) is 33.8 Å². The number of ether oxygens (including phenoxy) is 6. The van der Waals surface area contributed by atoms with E-state index in [1.165, 1.54) is 6.92 Å². The van der Waals surface area contributed by atoms with Crippen LogP contribution in [0.2, 0.25) is 0 Å². The molecule has 1 heterocycles. The Bertz CT molecular complexity index is 1260. The quantitative estimate of drug-likeness (QED) is 0.168. The van der Waals surface area contributed by atoms with Gasteiger partial charge in [-0.3, -0.25) is 10.2 Å². The van der Waals surface area contributed by atoms with E-state index in [9.17, 15) is 18.0 Å². The minimum atomic E-state index is -5.07. The first-order valence-electron chi connectivity index (χ1n) is 13.3. The zero-order valence-corrected chi connectivity index (χ0v) is 22.9. The lowest BCUT2D eigenvalue weighted by atomic mass is 9.97. The molecule has 4 rings (SSSR count). The number of benzene rings is 3. The van der Waals surface area contributed by atoms with Crippen LogP contribution in [0, 0.1) is 5.41 Å². The van der Waals surface area contributed by atoms with Gasteiger partial charge < -0.3 is 28.4 Å². The van der Waals surface area contributed by atoms with E-state index in [1.807, 2.05) is 66.7 Å². The number of alkyl halides is 3. The van der Waals surface area contributed by atoms with Crippen molar-refractivity contribution in [2.45, 2.75) is 63.6 Å². The van der Waals surface area contributed by atoms with Gasteiger partial charge in [-0.05, 0) is 16.7 Å². The van der Waals surface area contributed by atoms with Crippen LogP contribution in [0.25, 0.3) is 0 Å². The second-order valence-electron chi connectivity index (χ2n) is 9.57. The zero-order valence-electron chi connectivity index (χ0n) is 22.9. The van der Waals surface area contributed by atoms with Gasteiger partial charge in [0, 0.05) is 6.92 Å². The number of hydrogen-bond donors (Lipinski definition) is 1. The minimum absolute atomic E-state index is 0.0146. The summed E-state index contributed by atoms with van der Waals surface area (Å²) < 4.78 is 75.1. The van der Waals surface area contributed by atoms with Crippen LogP contribution < -0.4 is 0 Å². The zero-order chi connectivity index (χ0) is 30.0. The molecule has 0 radical (unpaired) electrons. The van der Waals surface area contributed by atoms with Gasteiger partial charge in [0.15, 0.2) is 0 Å². The Morgan fingerprint density at radius 3 is 1.60 bits per heavy atom. The van der Waals surface area contributed by atoms with Crippen LogP contribution >= 0.6 is 0 Å². The highest BCUT2D eigenvalue weighted by molar-refractivity contribution is 5.78. The Balaban J connectivity index is 1.68. The molecule has 3 aromatic carbocycles. The van der Waals surface area contributed by atoms with Gasteiger partial charge in [-0.2, -0.15) is 13.2 Å². The van der Waals surface area contributed by atoms with Gasteiger partial charge in [-0.1, -0.05) is 91.0 Å². The molecule has 0 aromatic heterocycles. The summed E-state index contributed by atoms with van der Waals surface area (Å²) in [7, 11) is 0. The molecular formula is C31H32F3NO7. The van der Waals surface area contributed by atoms with Crippen LogP contribution in [0.15, 0.2) is 91.0 Å². The fourth-order valence-corrected chi connectivity index (χ4v) is 4.36. The second-order valence-corrected chi connectivity index (χ2v) is 9.57. The van der Waals surface area contributed by atoms with E-state index in [0.717, 1.165) is 16.7 Å². The summed E-state index contributed by atoms with van der Waals surface area (Å²) in [6.45, 7) is 0.993. The van der Waals surface area contributed by atoms with Crippen molar-refractivity contribution in [2.75, 3.05) is 6.61 Å². The third-order valence-electron chi connectivity index (χ3n) is 6.39. The molecule has 0 amide bonds. The van der Waals surface area contributed by atoms with Gasteiger partial charge >= 0.3 is 12.1 Å². The molecular weight excluding hydrogens is 555 g/mol. The molecule has 11 heteroatoms. The van der Waals surface area contributed by atoms with E-state index in [-0.39, 0.29) is 26.4 Å². The minimum Gasteiger partial charge on any atom is -0.463 e. The lowest BCUT2D eigenvalue weighted by Gasteiger charge is -2.45. The SMILES string of the molecule is CC(=O)OC[C@H]1OC(OC(=N)C(F)(F)F)[C@H](OCc2ccccc2)[C@@H](OCc2ccccc2)[C@@H]1OCc1ccccc1. The molecule has 224 valence electrons. The molecule has 8 nitrogen and oxygen atoms in total. The van der Waals surface area contributed by atoms with Gasteiger partial charge in [0.25, 0.3) is 5.90 Å². The van der Waals surface area contributed by atoms with Crippen molar-refractivity contribution in [1.29, 1.82) is 5.41 Å². The lowest BCUT2D eigenvalue weighted by Crippen LogP contribution is -2.62. The number of carbonyl (C=O) groups is 1. The summed E-state index contributed by atoms with van der Waals surface area (Å²) >= 11 is 0. The average molecular weight is 588 g/mol. The molecule has 0 aliphatic carbocycles. The Kier molecular flexibility index (Phi) is 11.1. The van der Waals surface area contributed by atoms with Gasteiger partial charge in [0.2, 0.25) is 6.29 Å². The predicted molar refractivity (Wildman–Crippen MR) is 145 cm³/mol. The van der Waals surface area contributed by atoms with E-state index >= 15 is 0 Å². The molecule has 1 saturated heterocycles. The third kappa shape index (κ3) is 9.12. The van der Waals surface area contributed by atoms with Crippen molar-refractivity contribution < 1.29 is 46.4 Å². The molecule has 0 bridgehead atoms. The van der Waals surface area contributed by atoms with Crippen molar-refractivity contribution in [1.82, 2.24) is 0 Å². The standard InChI is InChI=1S/C31H32F3NO7/c1-21(36)37-20-25-26(38-17-22-11-5-2-6-12-22)27(39-18-23-13-7-3-8-14-23)28(40-19-24-15-9-4-10-16-24)29(41-25)42-30(35)31(32,33)34/h2-16,25-29,35H,17-20H2,1H3/t25-,26-,27+,28-,29?/m1/s1. The molecule has 1 fully saturated rings. The topological polar surface area (TPSA) is 96.3 Å². The fraction of sp³-hybridized carbons (Fsp3) is 0.355. The Labute approximate surface area is 241 Å². The molecule has 5 atom stereocenters. The fourth-order valence-electron chi connectivity index (χ4n) is 4.36. The van der Waals surface area contributed by atoms with E-state index in [1.54, 1.807) is 24.3 Å². The number of carbonyl (C=O) groups excluding carboxylic acids is 1. The number of rotatable bonds is 12. The van der Waals surface area contributed by atoms with E-state index < -0.39 is 48.7 Å². The van der Waals surface area contributed by atoms with Gasteiger partial charge in [0.05, 0.1) is 19.8 Å². The maximum atomic E-state index is 13.4. The van der Waals surface area contributed by atoms with Crippen LogP contribution in [-0.4, -0.2) is 55.4 Å². The van der Waals surface area contributed by atoms with Gasteiger partial charge in [-0.25, -0.2) is 0 Å². The van der Waals surface area contributed by atoms with Crippen molar-refractivity contribution in [3.8, 4) is 0 Å². The summed E-state index contributed by atoms with van der Waals surface area (Å²) in [5.41, 5.74) is 2.36. The normalized spacial score (nSPS) is 22.3. The number of hydrogen-bond acceptors (Lipinski definition) is 8. The van der Waals surface area contributed by atoms with Crippen molar-refractivity contribution in [3.63, 3.8) is 0 Å². The maximum Gasteiger partial charge on any atom is 0.467 e. The highest BCUT2D eigenvalue weighted by atomic mass is 19.4. The molecule has 1 unspecified atom stereocenters. The summed E-state index contributed by atoms with van der Waals surface area (Å²) in [4.78, 5) is 11.7. The molecule has 1 N–H and O–H groups in total. The monoisotopic (exact) mass is 587 g/mol. The number of nitrogens with one attached hydrogen (secondary N) is 1. The lowest BCUT2D eigenvalue weighted by molar-refractivity contribution is -0.314. The Morgan fingerprint density at radius 1 is 0.738 bits per heavy atom. The van der Waals surface area contributed by atoms with Crippen molar-refractivity contribution in [3.05, 3.63) is 108 Å². The van der Waals surface area contributed by atoms with Crippen molar-refractivity contribution >= 4 is 11.9 Å².